The third kappa shape index (κ3) is 6.20. The zero-order valence-corrected chi connectivity index (χ0v) is 16.7. The molecule has 3 N–H and O–H groups in total. The van der Waals surface area contributed by atoms with E-state index in [-0.39, 0.29) is 0 Å². The number of aldehydes is 1. The van der Waals surface area contributed by atoms with Gasteiger partial charge in [0.25, 0.3) is 0 Å². The second-order valence-corrected chi connectivity index (χ2v) is 7.45. The Kier molecular flexibility index (Phi) is 7.20. The molecule has 0 spiro atoms. The number of benzene rings is 2. The van der Waals surface area contributed by atoms with Gasteiger partial charge >= 0.3 is 0 Å². The molecule has 148 valence electrons. The van der Waals surface area contributed by atoms with E-state index in [4.69, 9.17) is 0 Å². The Morgan fingerprint density at radius 1 is 1.11 bits per heavy atom. The lowest BCUT2D eigenvalue weighted by Gasteiger charge is -2.03. The summed E-state index contributed by atoms with van der Waals surface area (Å²) >= 11 is 0. The van der Waals surface area contributed by atoms with Gasteiger partial charge in [0.1, 0.15) is 6.29 Å². The Hall–Kier alpha value is -2.66. The molecule has 2 saturated carbocycles. The van der Waals surface area contributed by atoms with Crippen LogP contribution in [0.5, 0.6) is 0 Å². The van der Waals surface area contributed by atoms with Crippen LogP contribution in [-0.2, 0) is 0 Å². The minimum absolute atomic E-state index is 0.638. The standard InChI is InChI=1S/C14H17NO.C9H13N3/c16-9-11-2-1-3-12(6-11)13-7-14(13)15-8-10-4-5-10;1-10-7-12-9-5-3-8(11-2)4-6-9/h1-3,6,9-10,13-15H,4-5,7-8H2;3-7,11H,1-2H3,(H,10,12). The molecule has 2 aromatic rings. The van der Waals surface area contributed by atoms with Crippen LogP contribution in [0.1, 0.15) is 41.1 Å². The van der Waals surface area contributed by atoms with Crippen LogP contribution in [0.25, 0.3) is 0 Å². The monoisotopic (exact) mass is 378 g/mol. The zero-order valence-electron chi connectivity index (χ0n) is 16.7. The summed E-state index contributed by atoms with van der Waals surface area (Å²) in [6, 6.07) is 16.7. The summed E-state index contributed by atoms with van der Waals surface area (Å²) in [6.07, 6.45) is 6.64. The van der Waals surface area contributed by atoms with Gasteiger partial charge in [-0.25, -0.2) is 0 Å². The first-order valence-corrected chi connectivity index (χ1v) is 9.97. The topological polar surface area (TPSA) is 65.5 Å². The van der Waals surface area contributed by atoms with Crippen molar-refractivity contribution in [2.75, 3.05) is 31.3 Å². The molecule has 0 bridgehead atoms. The Morgan fingerprint density at radius 2 is 1.86 bits per heavy atom. The van der Waals surface area contributed by atoms with Crippen LogP contribution in [0.15, 0.2) is 53.5 Å². The molecule has 0 aliphatic heterocycles. The van der Waals surface area contributed by atoms with Crippen LogP contribution in [0.3, 0.4) is 0 Å². The summed E-state index contributed by atoms with van der Waals surface area (Å²) in [7, 11) is 3.63. The maximum absolute atomic E-state index is 10.7. The Bertz CT molecular complexity index is 783. The molecule has 0 saturated heterocycles. The largest absolute Gasteiger partial charge is 0.388 e. The summed E-state index contributed by atoms with van der Waals surface area (Å²) in [6.45, 7) is 1.19. The molecule has 2 aliphatic carbocycles. The highest BCUT2D eigenvalue weighted by molar-refractivity contribution is 5.76. The average molecular weight is 379 g/mol. The average Bonchev–Trinajstić information content (AvgIpc) is 3.66. The van der Waals surface area contributed by atoms with Crippen molar-refractivity contribution in [2.24, 2.45) is 10.9 Å². The maximum Gasteiger partial charge on any atom is 0.150 e. The first-order valence-electron chi connectivity index (χ1n) is 9.97. The quantitative estimate of drug-likeness (QED) is 0.367. The molecular formula is C23H30N4O. The summed E-state index contributed by atoms with van der Waals surface area (Å²) in [4.78, 5) is 14.5. The van der Waals surface area contributed by atoms with E-state index in [0.717, 1.165) is 29.1 Å². The van der Waals surface area contributed by atoms with Crippen molar-refractivity contribution in [3.05, 3.63) is 59.7 Å². The molecule has 2 unspecified atom stereocenters. The summed E-state index contributed by atoms with van der Waals surface area (Å²) in [5.41, 5.74) is 4.26. The van der Waals surface area contributed by atoms with Crippen molar-refractivity contribution < 1.29 is 4.79 Å². The van der Waals surface area contributed by atoms with Crippen molar-refractivity contribution >= 4 is 24.0 Å². The van der Waals surface area contributed by atoms with Gasteiger partial charge in [0, 0.05) is 43.0 Å². The van der Waals surface area contributed by atoms with E-state index in [0.29, 0.717) is 12.0 Å². The minimum atomic E-state index is 0.638. The van der Waals surface area contributed by atoms with Gasteiger partial charge in [-0.3, -0.25) is 9.79 Å². The van der Waals surface area contributed by atoms with Gasteiger partial charge < -0.3 is 16.0 Å². The predicted octanol–water partition coefficient (Wildman–Crippen LogP) is 4.15. The number of rotatable bonds is 8. The first-order chi connectivity index (χ1) is 13.7. The van der Waals surface area contributed by atoms with Crippen LogP contribution in [0, 0.1) is 5.92 Å². The van der Waals surface area contributed by atoms with Crippen LogP contribution in [-0.4, -0.2) is 39.3 Å². The second kappa shape index (κ2) is 10.0. The maximum atomic E-state index is 10.7. The third-order valence-corrected chi connectivity index (χ3v) is 5.16. The zero-order chi connectivity index (χ0) is 19.8. The number of nitrogens with zero attached hydrogens (tertiary/aromatic N) is 1. The smallest absolute Gasteiger partial charge is 0.150 e. The Morgan fingerprint density at radius 3 is 2.50 bits per heavy atom. The summed E-state index contributed by atoms with van der Waals surface area (Å²) < 4.78 is 0. The van der Waals surface area contributed by atoms with Crippen molar-refractivity contribution in [3.8, 4) is 0 Å². The van der Waals surface area contributed by atoms with E-state index < -0.39 is 0 Å². The number of carbonyl (C=O) groups is 1. The van der Waals surface area contributed by atoms with E-state index in [9.17, 15) is 4.79 Å². The number of carbonyl (C=O) groups excluding carboxylic acids is 1. The number of hydrogen-bond donors (Lipinski definition) is 3. The number of anilines is 2. The van der Waals surface area contributed by atoms with E-state index in [1.54, 1.807) is 13.4 Å². The summed E-state index contributed by atoms with van der Waals surface area (Å²) in [5.74, 6) is 1.58. The number of aliphatic imine (C=N–C) groups is 1. The number of hydrogen-bond acceptors (Lipinski definition) is 4. The highest BCUT2D eigenvalue weighted by Gasteiger charge is 2.38. The van der Waals surface area contributed by atoms with Gasteiger partial charge in [0.2, 0.25) is 0 Å². The Balaban J connectivity index is 0.000000169. The predicted molar refractivity (Wildman–Crippen MR) is 118 cm³/mol. The molecule has 0 radical (unpaired) electrons. The highest BCUT2D eigenvalue weighted by Crippen LogP contribution is 2.41. The number of nitrogens with one attached hydrogen (secondary N) is 3. The molecule has 28 heavy (non-hydrogen) atoms. The lowest BCUT2D eigenvalue weighted by Crippen LogP contribution is -2.20. The van der Waals surface area contributed by atoms with Crippen LogP contribution < -0.4 is 16.0 Å². The molecule has 4 rings (SSSR count). The van der Waals surface area contributed by atoms with Crippen molar-refractivity contribution in [2.45, 2.75) is 31.2 Å². The molecule has 5 nitrogen and oxygen atoms in total. The van der Waals surface area contributed by atoms with Gasteiger partial charge in [0.15, 0.2) is 0 Å². The van der Waals surface area contributed by atoms with E-state index >= 15 is 0 Å². The first kappa shape index (κ1) is 20.1. The Labute approximate surface area is 167 Å². The summed E-state index contributed by atoms with van der Waals surface area (Å²) in [5, 5.41) is 9.69. The molecule has 0 heterocycles. The van der Waals surface area contributed by atoms with Gasteiger partial charge in [-0.15, -0.1) is 0 Å². The molecule has 2 aromatic carbocycles. The molecule has 2 fully saturated rings. The lowest BCUT2D eigenvalue weighted by molar-refractivity contribution is 0.112. The SMILES string of the molecule is CN=CNc1ccc(NC)cc1.O=Cc1cccc(C2CC2NCC2CC2)c1. The van der Waals surface area contributed by atoms with E-state index in [2.05, 4.69) is 27.0 Å². The van der Waals surface area contributed by atoms with E-state index in [1.165, 1.54) is 31.4 Å². The van der Waals surface area contributed by atoms with Gasteiger partial charge in [-0.05, 0) is 67.6 Å². The molecule has 2 atom stereocenters. The van der Waals surface area contributed by atoms with Crippen LogP contribution in [0.4, 0.5) is 11.4 Å². The van der Waals surface area contributed by atoms with Crippen LogP contribution in [0.2, 0.25) is 0 Å². The van der Waals surface area contributed by atoms with Gasteiger partial charge in [0.05, 0.1) is 6.34 Å². The van der Waals surface area contributed by atoms with Crippen molar-refractivity contribution in [1.29, 1.82) is 0 Å². The molecule has 2 aliphatic rings. The fourth-order valence-electron chi connectivity index (χ4n) is 3.16. The fraction of sp³-hybridized carbons (Fsp3) is 0.391. The molecule has 5 heteroatoms. The molecule has 0 aromatic heterocycles. The van der Waals surface area contributed by atoms with Gasteiger partial charge in [-0.2, -0.15) is 0 Å². The van der Waals surface area contributed by atoms with Crippen molar-refractivity contribution in [3.63, 3.8) is 0 Å². The minimum Gasteiger partial charge on any atom is -0.388 e. The second-order valence-electron chi connectivity index (χ2n) is 7.45. The lowest BCUT2D eigenvalue weighted by atomic mass is 10.1. The van der Waals surface area contributed by atoms with Crippen molar-refractivity contribution in [1.82, 2.24) is 5.32 Å². The van der Waals surface area contributed by atoms with Gasteiger partial charge in [-0.1, -0.05) is 18.2 Å². The normalized spacial score (nSPS) is 20.2. The third-order valence-electron chi connectivity index (χ3n) is 5.16. The fourth-order valence-corrected chi connectivity index (χ4v) is 3.16. The molecule has 0 amide bonds. The molecular weight excluding hydrogens is 348 g/mol. The highest BCUT2D eigenvalue weighted by atomic mass is 16.1. The van der Waals surface area contributed by atoms with Crippen LogP contribution >= 0.6 is 0 Å². The van der Waals surface area contributed by atoms with E-state index in [1.807, 2.05) is 49.5 Å².